The van der Waals surface area contributed by atoms with Crippen molar-refractivity contribution in [1.82, 2.24) is 10.6 Å². The van der Waals surface area contributed by atoms with Crippen molar-refractivity contribution < 1.29 is 24.2 Å². The number of alkyl carbamates (subject to hydrolysis) is 1. The molecule has 8 heteroatoms. The maximum Gasteiger partial charge on any atom is 0.408 e. The van der Waals surface area contributed by atoms with Crippen LogP contribution in [-0.2, 0) is 14.3 Å². The molecule has 0 saturated heterocycles. The molecule has 20 heavy (non-hydrogen) atoms. The zero-order valence-corrected chi connectivity index (χ0v) is 13.0. The van der Waals surface area contributed by atoms with Gasteiger partial charge in [0, 0.05) is 0 Å². The number of aliphatic carboxylic acids is 1. The van der Waals surface area contributed by atoms with Crippen LogP contribution in [-0.4, -0.2) is 53.3 Å². The Hall–Kier alpha value is -1.44. The normalized spacial score (nSPS) is 12.4. The average Bonchev–Trinajstić information content (AvgIpc) is 2.28. The lowest BCUT2D eigenvalue weighted by Crippen LogP contribution is -2.49. The van der Waals surface area contributed by atoms with Crippen LogP contribution in [0.5, 0.6) is 0 Å². The summed E-state index contributed by atoms with van der Waals surface area (Å²) in [5.74, 6) is -1.02. The predicted molar refractivity (Wildman–Crippen MR) is 76.8 cm³/mol. The number of carboxylic acid groups (broad SMARTS) is 1. The van der Waals surface area contributed by atoms with Crippen molar-refractivity contribution in [3.8, 4) is 0 Å². The number of hydrogen-bond acceptors (Lipinski definition) is 5. The summed E-state index contributed by atoms with van der Waals surface area (Å²) >= 11 is 1.52. The Balaban J connectivity index is 4.50. The number of hydrogen-bond donors (Lipinski definition) is 3. The van der Waals surface area contributed by atoms with E-state index in [4.69, 9.17) is 9.84 Å². The van der Waals surface area contributed by atoms with Gasteiger partial charge in [-0.3, -0.25) is 9.59 Å². The van der Waals surface area contributed by atoms with Crippen LogP contribution in [0.25, 0.3) is 0 Å². The van der Waals surface area contributed by atoms with Gasteiger partial charge in [-0.05, 0) is 39.2 Å². The first-order chi connectivity index (χ1) is 9.15. The molecule has 2 amide bonds. The second-order valence-electron chi connectivity index (χ2n) is 5.09. The van der Waals surface area contributed by atoms with Crippen molar-refractivity contribution in [3.63, 3.8) is 0 Å². The molecular formula is C12H22N2O5S. The van der Waals surface area contributed by atoms with E-state index in [2.05, 4.69) is 10.6 Å². The van der Waals surface area contributed by atoms with Crippen LogP contribution in [0.3, 0.4) is 0 Å². The molecule has 116 valence electrons. The quantitative estimate of drug-likeness (QED) is 0.643. The second kappa shape index (κ2) is 8.68. The van der Waals surface area contributed by atoms with Gasteiger partial charge in [0.25, 0.3) is 0 Å². The van der Waals surface area contributed by atoms with Crippen molar-refractivity contribution >= 4 is 29.7 Å². The number of thioether (sulfide) groups is 1. The summed E-state index contributed by atoms with van der Waals surface area (Å²) in [6.07, 6.45) is 1.57. The summed E-state index contributed by atoms with van der Waals surface area (Å²) < 4.78 is 5.07. The third-order valence-corrected chi connectivity index (χ3v) is 2.68. The van der Waals surface area contributed by atoms with E-state index in [1.165, 1.54) is 11.8 Å². The van der Waals surface area contributed by atoms with Gasteiger partial charge in [-0.25, -0.2) is 4.79 Å². The predicted octanol–water partition coefficient (Wildman–Crippen LogP) is 0.834. The van der Waals surface area contributed by atoms with Crippen LogP contribution in [0.2, 0.25) is 0 Å². The molecule has 0 rings (SSSR count). The van der Waals surface area contributed by atoms with Crippen LogP contribution in [0.4, 0.5) is 4.79 Å². The lowest BCUT2D eigenvalue weighted by molar-refractivity contribution is -0.138. The van der Waals surface area contributed by atoms with Gasteiger partial charge in [0.05, 0.1) is 0 Å². The average molecular weight is 306 g/mol. The fourth-order valence-corrected chi connectivity index (χ4v) is 1.71. The first-order valence-electron chi connectivity index (χ1n) is 6.13. The largest absolute Gasteiger partial charge is 0.480 e. The van der Waals surface area contributed by atoms with Gasteiger partial charge in [-0.1, -0.05) is 0 Å². The standard InChI is InChI=1S/C12H22N2O5S/c1-12(2,3)19-11(18)14-8(5-6-20-4)10(17)13-7-9(15)16/h8H,5-7H2,1-4H3,(H,13,17)(H,14,18)(H,15,16)/t8-/m1/s1. The van der Waals surface area contributed by atoms with Crippen LogP contribution in [0.1, 0.15) is 27.2 Å². The lowest BCUT2D eigenvalue weighted by atomic mass is 10.2. The minimum atomic E-state index is -1.14. The van der Waals surface area contributed by atoms with E-state index in [1.807, 2.05) is 6.26 Å². The summed E-state index contributed by atoms with van der Waals surface area (Å²) in [5.41, 5.74) is -0.661. The number of amides is 2. The molecule has 3 N–H and O–H groups in total. The van der Waals surface area contributed by atoms with Crippen molar-refractivity contribution in [2.24, 2.45) is 0 Å². The molecule has 0 aromatic heterocycles. The molecule has 0 heterocycles. The molecular weight excluding hydrogens is 284 g/mol. The maximum absolute atomic E-state index is 11.8. The van der Waals surface area contributed by atoms with E-state index in [1.54, 1.807) is 20.8 Å². The maximum atomic E-state index is 11.8. The van der Waals surface area contributed by atoms with Gasteiger partial charge in [0.15, 0.2) is 0 Å². The topological polar surface area (TPSA) is 105 Å². The highest BCUT2D eigenvalue weighted by molar-refractivity contribution is 7.98. The number of rotatable bonds is 7. The Morgan fingerprint density at radius 3 is 2.35 bits per heavy atom. The van der Waals surface area contributed by atoms with E-state index < -0.39 is 36.2 Å². The molecule has 0 fully saturated rings. The number of nitrogens with one attached hydrogen (secondary N) is 2. The van der Waals surface area contributed by atoms with E-state index in [9.17, 15) is 14.4 Å². The molecule has 0 aliphatic carbocycles. The van der Waals surface area contributed by atoms with Crippen molar-refractivity contribution in [2.45, 2.75) is 38.8 Å². The Morgan fingerprint density at radius 1 is 1.30 bits per heavy atom. The van der Waals surface area contributed by atoms with Crippen molar-refractivity contribution in [3.05, 3.63) is 0 Å². The molecule has 0 aliphatic rings. The molecule has 7 nitrogen and oxygen atoms in total. The lowest BCUT2D eigenvalue weighted by Gasteiger charge is -2.23. The molecule has 0 saturated carbocycles. The molecule has 0 radical (unpaired) electrons. The second-order valence-corrected chi connectivity index (χ2v) is 6.08. The Morgan fingerprint density at radius 2 is 1.90 bits per heavy atom. The van der Waals surface area contributed by atoms with Gasteiger partial charge in [-0.15, -0.1) is 0 Å². The van der Waals surface area contributed by atoms with Gasteiger partial charge in [-0.2, -0.15) is 11.8 Å². The first kappa shape index (κ1) is 18.6. The molecule has 1 atom stereocenters. The fraction of sp³-hybridized carbons (Fsp3) is 0.750. The summed E-state index contributed by atoms with van der Waals surface area (Å²) in [5, 5.41) is 13.2. The smallest absolute Gasteiger partial charge is 0.408 e. The molecule has 0 spiro atoms. The summed E-state index contributed by atoms with van der Waals surface area (Å²) in [6.45, 7) is 4.67. The van der Waals surface area contributed by atoms with E-state index in [0.717, 1.165) is 0 Å². The highest BCUT2D eigenvalue weighted by Gasteiger charge is 2.24. The molecule has 0 aromatic rings. The number of carboxylic acids is 1. The molecule has 0 aliphatic heterocycles. The molecule has 0 bridgehead atoms. The van der Waals surface area contributed by atoms with Gasteiger partial charge >= 0.3 is 12.1 Å². The van der Waals surface area contributed by atoms with E-state index in [0.29, 0.717) is 12.2 Å². The monoisotopic (exact) mass is 306 g/mol. The number of carbonyl (C=O) groups is 3. The van der Waals surface area contributed by atoms with E-state index in [-0.39, 0.29) is 0 Å². The Bertz CT molecular complexity index is 354. The van der Waals surface area contributed by atoms with Crippen LogP contribution >= 0.6 is 11.8 Å². The third kappa shape index (κ3) is 9.48. The minimum absolute atomic E-state index is 0.395. The van der Waals surface area contributed by atoms with Crippen molar-refractivity contribution in [1.29, 1.82) is 0 Å². The SMILES string of the molecule is CSCC[C@@H](NC(=O)OC(C)(C)C)C(=O)NCC(=O)O. The van der Waals surface area contributed by atoms with Crippen LogP contribution in [0, 0.1) is 0 Å². The van der Waals surface area contributed by atoms with Gasteiger partial charge in [0.2, 0.25) is 5.91 Å². The van der Waals surface area contributed by atoms with Gasteiger partial charge in [0.1, 0.15) is 18.2 Å². The minimum Gasteiger partial charge on any atom is -0.480 e. The zero-order valence-electron chi connectivity index (χ0n) is 12.2. The zero-order chi connectivity index (χ0) is 15.8. The number of ether oxygens (including phenoxy) is 1. The molecule has 0 aromatic carbocycles. The first-order valence-corrected chi connectivity index (χ1v) is 7.53. The molecule has 0 unspecified atom stereocenters. The van der Waals surface area contributed by atoms with Crippen LogP contribution in [0.15, 0.2) is 0 Å². The summed E-state index contributed by atoms with van der Waals surface area (Å²) in [6, 6.07) is -0.809. The highest BCUT2D eigenvalue weighted by Crippen LogP contribution is 2.08. The van der Waals surface area contributed by atoms with Crippen molar-refractivity contribution in [2.75, 3.05) is 18.6 Å². The van der Waals surface area contributed by atoms with Crippen LogP contribution < -0.4 is 10.6 Å². The highest BCUT2D eigenvalue weighted by atomic mass is 32.2. The Labute approximate surface area is 122 Å². The van der Waals surface area contributed by atoms with Gasteiger partial charge < -0.3 is 20.5 Å². The summed E-state index contributed by atoms with van der Waals surface area (Å²) in [7, 11) is 0. The fourth-order valence-electron chi connectivity index (χ4n) is 1.24. The number of carbonyl (C=O) groups excluding carboxylic acids is 2. The summed E-state index contributed by atoms with van der Waals surface area (Å²) in [4.78, 5) is 33.9. The Kier molecular flexibility index (Phi) is 8.05. The third-order valence-electron chi connectivity index (χ3n) is 2.03. The van der Waals surface area contributed by atoms with E-state index >= 15 is 0 Å².